The summed E-state index contributed by atoms with van der Waals surface area (Å²) < 4.78 is 38.6. The highest BCUT2D eigenvalue weighted by molar-refractivity contribution is 5.80. The normalized spacial score (nSPS) is 16.0. The van der Waals surface area contributed by atoms with Crippen LogP contribution in [0.1, 0.15) is 46.1 Å². The van der Waals surface area contributed by atoms with E-state index in [0.29, 0.717) is 32.0 Å². The van der Waals surface area contributed by atoms with E-state index in [4.69, 9.17) is 0 Å². The lowest BCUT2D eigenvalue weighted by Gasteiger charge is -2.38. The number of nitrogens with zero attached hydrogens (tertiary/aromatic N) is 3. The first-order valence-corrected chi connectivity index (χ1v) is 9.36. The zero-order chi connectivity index (χ0) is 21.2. The number of rotatable bonds is 5. The van der Waals surface area contributed by atoms with Gasteiger partial charge in [-0.3, -0.25) is 14.9 Å². The largest absolute Gasteiger partial charge is 0.416 e. The zero-order valence-corrected chi connectivity index (χ0v) is 16.5. The number of halogens is 3. The first-order chi connectivity index (χ1) is 12.9. The Balaban J connectivity index is 2.17. The number of hydrogen-bond donors (Lipinski definition) is 0. The van der Waals surface area contributed by atoms with Crippen molar-refractivity contribution < 1.29 is 22.9 Å². The number of alkyl halides is 3. The van der Waals surface area contributed by atoms with Gasteiger partial charge in [0.1, 0.15) is 5.69 Å². The predicted octanol–water partition coefficient (Wildman–Crippen LogP) is 4.48. The standard InChI is InChI=1S/C19H26F3N3O3/c1-12(2)24(13(3)4)18(26)14-7-9-23(10-8-14)16-6-5-15(19(20,21)22)11-17(16)25(27)28/h5-6,11-14H,7-10H2,1-4H3. The van der Waals surface area contributed by atoms with Crippen LogP contribution >= 0.6 is 0 Å². The topological polar surface area (TPSA) is 66.7 Å². The molecule has 1 saturated heterocycles. The second-order valence-electron chi connectivity index (χ2n) is 7.65. The van der Waals surface area contributed by atoms with E-state index in [2.05, 4.69) is 0 Å². The minimum atomic E-state index is -4.64. The Labute approximate surface area is 162 Å². The van der Waals surface area contributed by atoms with Gasteiger partial charge < -0.3 is 9.80 Å². The lowest BCUT2D eigenvalue weighted by Crippen LogP contribution is -2.48. The van der Waals surface area contributed by atoms with E-state index in [1.807, 2.05) is 32.6 Å². The number of amides is 1. The molecule has 2 rings (SSSR count). The quantitative estimate of drug-likeness (QED) is 0.539. The van der Waals surface area contributed by atoms with Gasteiger partial charge >= 0.3 is 6.18 Å². The molecule has 0 bridgehead atoms. The number of piperidine rings is 1. The van der Waals surface area contributed by atoms with Crippen molar-refractivity contribution in [2.75, 3.05) is 18.0 Å². The highest BCUT2D eigenvalue weighted by Gasteiger charge is 2.36. The molecule has 1 amide bonds. The summed E-state index contributed by atoms with van der Waals surface area (Å²) in [6, 6.07) is 2.73. The summed E-state index contributed by atoms with van der Waals surface area (Å²) in [7, 11) is 0. The molecule has 0 aliphatic carbocycles. The van der Waals surface area contributed by atoms with Crippen molar-refractivity contribution in [2.24, 2.45) is 5.92 Å². The van der Waals surface area contributed by atoms with Crippen LogP contribution in [0.15, 0.2) is 18.2 Å². The molecule has 1 aromatic carbocycles. The Bertz CT molecular complexity index is 719. The summed E-state index contributed by atoms with van der Waals surface area (Å²) in [6.07, 6.45) is -3.63. The molecule has 0 saturated carbocycles. The molecule has 0 aromatic heterocycles. The minimum Gasteiger partial charge on any atom is -0.366 e. The smallest absolute Gasteiger partial charge is 0.366 e. The highest BCUT2D eigenvalue weighted by atomic mass is 19.4. The predicted molar refractivity (Wildman–Crippen MR) is 100 cm³/mol. The molecule has 1 aliphatic heterocycles. The Morgan fingerprint density at radius 3 is 2.14 bits per heavy atom. The first-order valence-electron chi connectivity index (χ1n) is 9.36. The number of carbonyl (C=O) groups excluding carboxylic acids is 1. The fourth-order valence-electron chi connectivity index (χ4n) is 3.80. The third-order valence-corrected chi connectivity index (χ3v) is 5.05. The van der Waals surface area contributed by atoms with Crippen LogP contribution in [0.2, 0.25) is 0 Å². The fraction of sp³-hybridized carbons (Fsp3) is 0.632. The Hall–Kier alpha value is -2.32. The number of nitro benzene ring substituents is 1. The fourth-order valence-corrected chi connectivity index (χ4v) is 3.80. The van der Waals surface area contributed by atoms with E-state index >= 15 is 0 Å². The number of benzene rings is 1. The van der Waals surface area contributed by atoms with E-state index < -0.39 is 22.4 Å². The van der Waals surface area contributed by atoms with Crippen molar-refractivity contribution in [3.05, 3.63) is 33.9 Å². The third kappa shape index (κ3) is 4.74. The third-order valence-electron chi connectivity index (χ3n) is 5.05. The van der Waals surface area contributed by atoms with Gasteiger partial charge in [-0.05, 0) is 52.7 Å². The molecule has 0 unspecified atom stereocenters. The van der Waals surface area contributed by atoms with Crippen LogP contribution in [0, 0.1) is 16.0 Å². The zero-order valence-electron chi connectivity index (χ0n) is 16.5. The maximum atomic E-state index is 12.9. The summed E-state index contributed by atoms with van der Waals surface area (Å²) in [4.78, 5) is 26.9. The number of anilines is 1. The van der Waals surface area contributed by atoms with Crippen LogP contribution in [0.4, 0.5) is 24.5 Å². The van der Waals surface area contributed by atoms with Crippen molar-refractivity contribution in [1.29, 1.82) is 0 Å². The molecule has 6 nitrogen and oxygen atoms in total. The minimum absolute atomic E-state index is 0.0616. The van der Waals surface area contributed by atoms with Crippen LogP contribution in [-0.2, 0) is 11.0 Å². The van der Waals surface area contributed by atoms with E-state index in [1.165, 1.54) is 0 Å². The number of nitro groups is 1. The van der Waals surface area contributed by atoms with Crippen molar-refractivity contribution in [3.8, 4) is 0 Å². The van der Waals surface area contributed by atoms with Crippen molar-refractivity contribution in [2.45, 2.75) is 58.8 Å². The van der Waals surface area contributed by atoms with Crippen LogP contribution < -0.4 is 4.90 Å². The van der Waals surface area contributed by atoms with Crippen molar-refractivity contribution in [1.82, 2.24) is 4.90 Å². The van der Waals surface area contributed by atoms with E-state index in [0.717, 1.165) is 12.1 Å². The average Bonchev–Trinajstić information content (AvgIpc) is 2.59. The molecule has 0 radical (unpaired) electrons. The molecule has 28 heavy (non-hydrogen) atoms. The van der Waals surface area contributed by atoms with E-state index in [9.17, 15) is 28.1 Å². The van der Waals surface area contributed by atoms with Gasteiger partial charge in [-0.25, -0.2) is 0 Å². The Kier molecular flexibility index (Phi) is 6.56. The summed E-state index contributed by atoms with van der Waals surface area (Å²) in [6.45, 7) is 8.59. The molecule has 9 heteroatoms. The van der Waals surface area contributed by atoms with Crippen LogP contribution in [0.25, 0.3) is 0 Å². The monoisotopic (exact) mass is 401 g/mol. The summed E-state index contributed by atoms with van der Waals surface area (Å²) in [5.74, 6) is -0.124. The summed E-state index contributed by atoms with van der Waals surface area (Å²) >= 11 is 0. The molecule has 156 valence electrons. The maximum Gasteiger partial charge on any atom is 0.416 e. The molecule has 0 atom stereocenters. The van der Waals surface area contributed by atoms with Gasteiger partial charge in [0.15, 0.2) is 0 Å². The van der Waals surface area contributed by atoms with Crippen LogP contribution in [0.3, 0.4) is 0 Å². The molecule has 1 aliphatic rings. The van der Waals surface area contributed by atoms with Crippen molar-refractivity contribution >= 4 is 17.3 Å². The van der Waals surface area contributed by atoms with Gasteiger partial charge in [-0.15, -0.1) is 0 Å². The molecular formula is C19H26F3N3O3. The molecule has 0 spiro atoms. The summed E-state index contributed by atoms with van der Waals surface area (Å²) in [5.41, 5.74) is -1.45. The van der Waals surface area contributed by atoms with E-state index in [-0.39, 0.29) is 29.6 Å². The second kappa shape index (κ2) is 8.36. The number of hydrogen-bond acceptors (Lipinski definition) is 4. The van der Waals surface area contributed by atoms with Crippen LogP contribution in [0.5, 0.6) is 0 Å². The average molecular weight is 401 g/mol. The van der Waals surface area contributed by atoms with Gasteiger partial charge in [0.25, 0.3) is 5.69 Å². The molecule has 0 N–H and O–H groups in total. The maximum absolute atomic E-state index is 12.9. The lowest BCUT2D eigenvalue weighted by molar-refractivity contribution is -0.384. The van der Waals surface area contributed by atoms with Gasteiger partial charge in [-0.2, -0.15) is 13.2 Å². The first kappa shape index (κ1) is 22.0. The Morgan fingerprint density at radius 2 is 1.71 bits per heavy atom. The van der Waals surface area contributed by atoms with Gasteiger partial charge in [0.05, 0.1) is 10.5 Å². The summed E-state index contributed by atoms with van der Waals surface area (Å²) in [5, 5.41) is 11.3. The highest BCUT2D eigenvalue weighted by Crippen LogP contribution is 2.38. The molecule has 1 fully saturated rings. The Morgan fingerprint density at radius 1 is 1.18 bits per heavy atom. The van der Waals surface area contributed by atoms with Crippen LogP contribution in [-0.4, -0.2) is 40.9 Å². The van der Waals surface area contributed by atoms with Gasteiger partial charge in [-0.1, -0.05) is 0 Å². The van der Waals surface area contributed by atoms with Gasteiger partial charge in [0, 0.05) is 37.2 Å². The lowest BCUT2D eigenvalue weighted by atomic mass is 9.93. The van der Waals surface area contributed by atoms with Crippen molar-refractivity contribution in [3.63, 3.8) is 0 Å². The number of carbonyl (C=O) groups is 1. The molecular weight excluding hydrogens is 375 g/mol. The SMILES string of the molecule is CC(C)N(C(=O)C1CCN(c2ccc(C(F)(F)F)cc2[N+](=O)[O-])CC1)C(C)C. The molecule has 1 aromatic rings. The van der Waals surface area contributed by atoms with Gasteiger partial charge in [0.2, 0.25) is 5.91 Å². The second-order valence-corrected chi connectivity index (χ2v) is 7.65. The molecule has 1 heterocycles. The van der Waals surface area contributed by atoms with E-state index in [1.54, 1.807) is 4.90 Å².